The van der Waals surface area contributed by atoms with Gasteiger partial charge >= 0.3 is 0 Å². The molecule has 0 saturated carbocycles. The molecule has 0 amide bonds. The quantitative estimate of drug-likeness (QED) is 0.436. The van der Waals surface area contributed by atoms with Gasteiger partial charge in [0.15, 0.2) is 11.3 Å². The largest absolute Gasteiger partial charge is 0.299 e. The van der Waals surface area contributed by atoms with Gasteiger partial charge in [-0.3, -0.25) is 13.9 Å². The molecule has 0 aliphatic carbocycles. The van der Waals surface area contributed by atoms with Crippen molar-refractivity contribution in [2.24, 2.45) is 0 Å². The second-order valence-electron chi connectivity index (χ2n) is 7.91. The van der Waals surface area contributed by atoms with E-state index in [-0.39, 0.29) is 5.56 Å². The zero-order valence-electron chi connectivity index (χ0n) is 17.3. The molecule has 0 N–H and O–H groups in total. The summed E-state index contributed by atoms with van der Waals surface area (Å²) in [6.07, 6.45) is 2.49. The molecule has 0 aliphatic heterocycles. The van der Waals surface area contributed by atoms with Gasteiger partial charge in [-0.05, 0) is 42.2 Å². The molecule has 30 heavy (non-hydrogen) atoms. The van der Waals surface area contributed by atoms with E-state index in [4.69, 9.17) is 9.97 Å². The molecule has 150 valence electrons. The van der Waals surface area contributed by atoms with Crippen molar-refractivity contribution in [2.75, 3.05) is 0 Å². The Morgan fingerprint density at radius 3 is 2.30 bits per heavy atom. The minimum Gasteiger partial charge on any atom is -0.299 e. The first-order valence-corrected chi connectivity index (χ1v) is 10.3. The Kier molecular flexibility index (Phi) is 4.35. The van der Waals surface area contributed by atoms with Crippen molar-refractivity contribution in [3.05, 3.63) is 70.8 Å². The summed E-state index contributed by atoms with van der Waals surface area (Å²) < 4.78 is 3.61. The van der Waals surface area contributed by atoms with Crippen molar-refractivity contribution in [3.8, 4) is 5.69 Å². The molecule has 2 aromatic carbocycles. The molecule has 6 nitrogen and oxygen atoms in total. The number of benzene rings is 2. The lowest BCUT2D eigenvalue weighted by Crippen LogP contribution is -2.20. The summed E-state index contributed by atoms with van der Waals surface area (Å²) in [7, 11) is 0. The Morgan fingerprint density at radius 1 is 0.933 bits per heavy atom. The van der Waals surface area contributed by atoms with E-state index >= 15 is 0 Å². The van der Waals surface area contributed by atoms with Crippen LogP contribution in [0.5, 0.6) is 0 Å². The summed E-state index contributed by atoms with van der Waals surface area (Å²) in [6.45, 7) is 7.01. The predicted octanol–water partition coefficient (Wildman–Crippen LogP) is 4.82. The van der Waals surface area contributed by atoms with E-state index in [1.54, 1.807) is 10.9 Å². The van der Waals surface area contributed by atoms with Gasteiger partial charge in [-0.25, -0.2) is 15.0 Å². The summed E-state index contributed by atoms with van der Waals surface area (Å²) in [5.41, 5.74) is 5.51. The molecule has 0 spiro atoms. The lowest BCUT2D eigenvalue weighted by Gasteiger charge is -2.10. The van der Waals surface area contributed by atoms with Crippen molar-refractivity contribution in [2.45, 2.75) is 39.7 Å². The third kappa shape index (κ3) is 2.79. The zero-order valence-corrected chi connectivity index (χ0v) is 17.3. The zero-order chi connectivity index (χ0) is 20.8. The fraction of sp³-hybridized carbons (Fsp3) is 0.250. The molecule has 0 fully saturated rings. The van der Waals surface area contributed by atoms with Gasteiger partial charge in [0.25, 0.3) is 5.56 Å². The van der Waals surface area contributed by atoms with Crippen molar-refractivity contribution >= 4 is 33.2 Å². The first-order valence-electron chi connectivity index (χ1n) is 10.3. The van der Waals surface area contributed by atoms with E-state index in [1.807, 2.05) is 35.8 Å². The second-order valence-corrected chi connectivity index (χ2v) is 7.91. The van der Waals surface area contributed by atoms with Gasteiger partial charge in [-0.2, -0.15) is 0 Å². The summed E-state index contributed by atoms with van der Waals surface area (Å²) in [5.74, 6) is 0.445. The molecular formula is C24H23N5O. The predicted molar refractivity (Wildman–Crippen MR) is 120 cm³/mol. The number of hydrogen-bond acceptors (Lipinski definition) is 4. The summed E-state index contributed by atoms with van der Waals surface area (Å²) in [6, 6.07) is 16.1. The number of aryl methyl sites for hydroxylation is 1. The van der Waals surface area contributed by atoms with Gasteiger partial charge in [0.1, 0.15) is 10.9 Å². The Bertz CT molecular complexity index is 1440. The van der Waals surface area contributed by atoms with Crippen LogP contribution in [0.3, 0.4) is 0 Å². The van der Waals surface area contributed by atoms with Crippen LogP contribution >= 0.6 is 0 Å². The van der Waals surface area contributed by atoms with Gasteiger partial charge in [0.2, 0.25) is 0 Å². The standard InChI is InChI=1S/C24H23N5O/c1-4-13-28-14-25-22-20(24(28)30)21-23(27-19-8-6-5-7-18(19)26-21)29(22)17-11-9-16(10-12-17)15(2)3/h5-12,14-15H,4,13H2,1-3H3. The van der Waals surface area contributed by atoms with E-state index in [0.29, 0.717) is 34.7 Å². The molecule has 0 saturated heterocycles. The molecule has 0 aliphatic rings. The third-order valence-electron chi connectivity index (χ3n) is 5.51. The maximum Gasteiger partial charge on any atom is 0.265 e. The maximum absolute atomic E-state index is 13.3. The highest BCUT2D eigenvalue weighted by molar-refractivity contribution is 6.05. The van der Waals surface area contributed by atoms with E-state index in [1.165, 1.54) is 5.56 Å². The minimum atomic E-state index is -0.0750. The molecule has 0 unspecified atom stereocenters. The number of fused-ring (bicyclic) bond motifs is 4. The van der Waals surface area contributed by atoms with Gasteiger partial charge in [-0.1, -0.05) is 45.0 Å². The summed E-state index contributed by atoms with van der Waals surface area (Å²) >= 11 is 0. The number of aromatic nitrogens is 5. The van der Waals surface area contributed by atoms with Gasteiger partial charge in [-0.15, -0.1) is 0 Å². The first kappa shape index (κ1) is 18.5. The monoisotopic (exact) mass is 397 g/mol. The smallest absolute Gasteiger partial charge is 0.265 e. The Labute approximate surface area is 173 Å². The highest BCUT2D eigenvalue weighted by Gasteiger charge is 2.20. The molecule has 6 heteroatoms. The lowest BCUT2D eigenvalue weighted by molar-refractivity contribution is 0.647. The van der Waals surface area contributed by atoms with Crippen LogP contribution in [0.4, 0.5) is 0 Å². The van der Waals surface area contributed by atoms with Crippen molar-refractivity contribution in [1.29, 1.82) is 0 Å². The van der Waals surface area contributed by atoms with Gasteiger partial charge in [0, 0.05) is 12.2 Å². The average Bonchev–Trinajstić information content (AvgIpc) is 3.08. The van der Waals surface area contributed by atoms with Crippen LogP contribution in [0, 0.1) is 0 Å². The molecule has 3 heterocycles. The van der Waals surface area contributed by atoms with Crippen LogP contribution in [0.2, 0.25) is 0 Å². The van der Waals surface area contributed by atoms with Gasteiger partial charge in [0.05, 0.1) is 17.4 Å². The molecule has 5 aromatic rings. The Balaban J connectivity index is 1.91. The molecule has 0 atom stereocenters. The SMILES string of the molecule is CCCn1cnc2c(c1=O)c1nc3ccccc3nc1n2-c1ccc(C(C)C)cc1. The maximum atomic E-state index is 13.3. The molecule has 5 rings (SSSR count). The fourth-order valence-corrected chi connectivity index (χ4v) is 3.93. The van der Waals surface area contributed by atoms with Crippen LogP contribution in [0.25, 0.3) is 38.9 Å². The minimum absolute atomic E-state index is 0.0750. The summed E-state index contributed by atoms with van der Waals surface area (Å²) in [5, 5.41) is 0.520. The lowest BCUT2D eigenvalue weighted by atomic mass is 10.0. The van der Waals surface area contributed by atoms with Crippen LogP contribution < -0.4 is 5.56 Å². The number of nitrogens with zero attached hydrogens (tertiary/aromatic N) is 5. The van der Waals surface area contributed by atoms with Crippen LogP contribution in [0.1, 0.15) is 38.7 Å². The number of hydrogen-bond donors (Lipinski definition) is 0. The number of rotatable bonds is 4. The normalized spacial score (nSPS) is 11.9. The number of para-hydroxylation sites is 2. The Hall–Kier alpha value is -3.54. The topological polar surface area (TPSA) is 65.6 Å². The Morgan fingerprint density at radius 2 is 1.63 bits per heavy atom. The summed E-state index contributed by atoms with van der Waals surface area (Å²) in [4.78, 5) is 27.7. The average molecular weight is 397 g/mol. The van der Waals surface area contributed by atoms with Crippen LogP contribution in [0.15, 0.2) is 59.7 Å². The second kappa shape index (κ2) is 7.06. The van der Waals surface area contributed by atoms with E-state index < -0.39 is 0 Å². The first-order chi connectivity index (χ1) is 14.6. The van der Waals surface area contributed by atoms with Crippen molar-refractivity contribution < 1.29 is 0 Å². The van der Waals surface area contributed by atoms with E-state index in [2.05, 4.69) is 43.1 Å². The fourth-order valence-electron chi connectivity index (χ4n) is 3.93. The van der Waals surface area contributed by atoms with E-state index in [9.17, 15) is 4.79 Å². The van der Waals surface area contributed by atoms with Crippen LogP contribution in [-0.4, -0.2) is 24.1 Å². The van der Waals surface area contributed by atoms with E-state index in [0.717, 1.165) is 23.1 Å². The third-order valence-corrected chi connectivity index (χ3v) is 5.51. The van der Waals surface area contributed by atoms with Crippen molar-refractivity contribution in [1.82, 2.24) is 24.1 Å². The highest BCUT2D eigenvalue weighted by Crippen LogP contribution is 2.29. The highest BCUT2D eigenvalue weighted by atomic mass is 16.1. The molecule has 3 aromatic heterocycles. The van der Waals surface area contributed by atoms with Gasteiger partial charge < -0.3 is 0 Å². The molecule has 0 radical (unpaired) electrons. The molecule has 0 bridgehead atoms. The van der Waals surface area contributed by atoms with Crippen LogP contribution in [-0.2, 0) is 6.54 Å². The molecular weight excluding hydrogens is 374 g/mol. The van der Waals surface area contributed by atoms with Crippen molar-refractivity contribution in [3.63, 3.8) is 0 Å².